The second-order valence-corrected chi connectivity index (χ2v) is 8.16. The maximum Gasteiger partial charge on any atom is 0.216 e. The van der Waals surface area contributed by atoms with Crippen LogP contribution in [0.25, 0.3) is 0 Å². The zero-order valence-electron chi connectivity index (χ0n) is 13.6. The molecule has 0 radical (unpaired) electrons. The van der Waals surface area contributed by atoms with Crippen molar-refractivity contribution in [1.82, 2.24) is 5.01 Å². The lowest BCUT2D eigenvalue weighted by molar-refractivity contribution is -0.0212. The summed E-state index contributed by atoms with van der Waals surface area (Å²) in [6.45, 7) is 0. The van der Waals surface area contributed by atoms with E-state index in [0.29, 0.717) is 5.56 Å². The van der Waals surface area contributed by atoms with Gasteiger partial charge in [0.2, 0.25) is 6.23 Å². The number of benzene rings is 2. The Labute approximate surface area is 162 Å². The average molecular weight is 429 g/mol. The second-order valence-electron chi connectivity index (χ2n) is 6.30. The Morgan fingerprint density at radius 2 is 2.00 bits per heavy atom. The Morgan fingerprint density at radius 3 is 2.81 bits per heavy atom. The molecule has 0 unspecified atom stereocenters. The molecule has 26 heavy (non-hydrogen) atoms. The first-order valence-electron chi connectivity index (χ1n) is 8.31. The number of thiophene rings is 1. The zero-order chi connectivity index (χ0) is 17.7. The van der Waals surface area contributed by atoms with Crippen LogP contribution in [0.1, 0.15) is 34.7 Å². The predicted octanol–water partition coefficient (Wildman–Crippen LogP) is 5.89. The fourth-order valence-corrected chi connectivity index (χ4v) is 4.63. The molecule has 0 N–H and O–H groups in total. The molecule has 3 heterocycles. The lowest BCUT2D eigenvalue weighted by atomic mass is 9.97. The highest BCUT2D eigenvalue weighted by atomic mass is 79.9. The molecule has 0 bridgehead atoms. The minimum atomic E-state index is -0.577. The topological polar surface area (TPSA) is 24.8 Å². The fraction of sp³-hybridized carbons (Fsp3) is 0.150. The van der Waals surface area contributed by atoms with E-state index in [1.807, 2.05) is 34.7 Å². The first-order valence-corrected chi connectivity index (χ1v) is 9.98. The summed E-state index contributed by atoms with van der Waals surface area (Å²) in [5.74, 6) is 0.502. The van der Waals surface area contributed by atoms with E-state index in [1.54, 1.807) is 23.5 Å². The van der Waals surface area contributed by atoms with E-state index in [1.165, 1.54) is 6.07 Å². The first kappa shape index (κ1) is 16.0. The maximum atomic E-state index is 14.5. The number of hydrogen-bond donors (Lipinski definition) is 0. The second kappa shape index (κ2) is 6.21. The molecule has 3 nitrogen and oxygen atoms in total. The zero-order valence-corrected chi connectivity index (χ0v) is 16.0. The summed E-state index contributed by atoms with van der Waals surface area (Å²) >= 11 is 5.21. The van der Waals surface area contributed by atoms with Crippen molar-refractivity contribution in [3.8, 4) is 5.75 Å². The standard InChI is InChI=1S/C20H14BrFN2OS/c21-12-7-8-18-14(10-12)17-11-16(19-6-3-9-26-19)23-24(17)20(25-18)13-4-1-2-5-15(13)22/h1-10,17,20H,11H2/t17-,20+/m0/s1. The predicted molar refractivity (Wildman–Crippen MR) is 104 cm³/mol. The molecule has 0 aliphatic carbocycles. The van der Waals surface area contributed by atoms with Gasteiger partial charge >= 0.3 is 0 Å². The van der Waals surface area contributed by atoms with Crippen molar-refractivity contribution in [1.29, 1.82) is 0 Å². The van der Waals surface area contributed by atoms with Crippen molar-refractivity contribution in [2.75, 3.05) is 0 Å². The molecule has 5 rings (SSSR count). The Balaban J connectivity index is 1.64. The van der Waals surface area contributed by atoms with Gasteiger partial charge in [-0.1, -0.05) is 40.2 Å². The highest BCUT2D eigenvalue weighted by Crippen LogP contribution is 2.48. The molecular weight excluding hydrogens is 415 g/mol. The van der Waals surface area contributed by atoms with Crippen molar-refractivity contribution >= 4 is 33.0 Å². The van der Waals surface area contributed by atoms with Crippen molar-refractivity contribution in [3.63, 3.8) is 0 Å². The van der Waals surface area contributed by atoms with E-state index in [-0.39, 0.29) is 11.9 Å². The molecular formula is C20H14BrFN2OS. The van der Waals surface area contributed by atoms with Crippen molar-refractivity contribution in [2.24, 2.45) is 5.10 Å². The number of hydrazone groups is 1. The monoisotopic (exact) mass is 428 g/mol. The molecule has 0 fully saturated rings. The van der Waals surface area contributed by atoms with Gasteiger partial charge in [-0.25, -0.2) is 9.40 Å². The Bertz CT molecular complexity index is 1000. The normalized spacial score (nSPS) is 21.0. The molecule has 2 aliphatic heterocycles. The van der Waals surface area contributed by atoms with Crippen LogP contribution in [0.5, 0.6) is 5.75 Å². The lowest BCUT2D eigenvalue weighted by Gasteiger charge is -2.38. The molecule has 0 saturated heterocycles. The molecule has 130 valence electrons. The number of rotatable bonds is 2. The van der Waals surface area contributed by atoms with Gasteiger partial charge in [0.05, 0.1) is 22.2 Å². The van der Waals surface area contributed by atoms with Gasteiger partial charge in [-0.05, 0) is 35.7 Å². The first-order chi connectivity index (χ1) is 12.7. The van der Waals surface area contributed by atoms with Crippen molar-refractivity contribution in [2.45, 2.75) is 18.7 Å². The molecule has 2 atom stereocenters. The van der Waals surface area contributed by atoms with E-state index in [9.17, 15) is 4.39 Å². The molecule has 1 aromatic heterocycles. The molecule has 6 heteroatoms. The fourth-order valence-electron chi connectivity index (χ4n) is 3.53. The van der Waals surface area contributed by atoms with Crippen LogP contribution in [0.2, 0.25) is 0 Å². The van der Waals surface area contributed by atoms with Crippen LogP contribution in [0.3, 0.4) is 0 Å². The van der Waals surface area contributed by atoms with Crippen molar-refractivity contribution < 1.29 is 9.13 Å². The average Bonchev–Trinajstić information content (AvgIpc) is 3.31. The van der Waals surface area contributed by atoms with Gasteiger partial charge in [0.25, 0.3) is 0 Å². The van der Waals surface area contributed by atoms with E-state index < -0.39 is 6.23 Å². The third-order valence-electron chi connectivity index (χ3n) is 4.73. The lowest BCUT2D eigenvalue weighted by Crippen LogP contribution is -2.34. The quantitative estimate of drug-likeness (QED) is 0.507. The number of hydrogen-bond acceptors (Lipinski definition) is 4. The van der Waals surface area contributed by atoms with Crippen LogP contribution in [-0.2, 0) is 0 Å². The summed E-state index contributed by atoms with van der Waals surface area (Å²) in [6.07, 6.45) is 0.200. The number of halogens is 2. The molecule has 0 saturated carbocycles. The van der Waals surface area contributed by atoms with Gasteiger partial charge in [0.1, 0.15) is 11.6 Å². The van der Waals surface area contributed by atoms with Gasteiger partial charge < -0.3 is 4.74 Å². The van der Waals surface area contributed by atoms with Crippen molar-refractivity contribution in [3.05, 3.63) is 86.3 Å². The van der Waals surface area contributed by atoms with Crippen LogP contribution in [0.15, 0.2) is 69.6 Å². The highest BCUT2D eigenvalue weighted by molar-refractivity contribution is 9.10. The van der Waals surface area contributed by atoms with Crippen LogP contribution in [0.4, 0.5) is 4.39 Å². The van der Waals surface area contributed by atoms with E-state index >= 15 is 0 Å². The smallest absolute Gasteiger partial charge is 0.216 e. The minimum Gasteiger partial charge on any atom is -0.464 e. The summed E-state index contributed by atoms with van der Waals surface area (Å²) in [5.41, 5.74) is 2.59. The van der Waals surface area contributed by atoms with Gasteiger partial charge in [-0.2, -0.15) is 5.10 Å². The van der Waals surface area contributed by atoms with Gasteiger partial charge in [-0.15, -0.1) is 11.3 Å². The number of fused-ring (bicyclic) bond motifs is 3. The largest absolute Gasteiger partial charge is 0.464 e. The molecule has 0 spiro atoms. The summed E-state index contributed by atoms with van der Waals surface area (Å²) in [4.78, 5) is 1.14. The molecule has 0 amide bonds. The summed E-state index contributed by atoms with van der Waals surface area (Å²) in [6, 6.07) is 16.8. The van der Waals surface area contributed by atoms with Crippen LogP contribution < -0.4 is 4.74 Å². The third kappa shape index (κ3) is 2.56. The van der Waals surface area contributed by atoms with Crippen LogP contribution >= 0.6 is 27.3 Å². The summed E-state index contributed by atoms with van der Waals surface area (Å²) in [7, 11) is 0. The molecule has 2 aromatic carbocycles. The van der Waals surface area contributed by atoms with Crippen LogP contribution in [0, 0.1) is 5.82 Å². The maximum absolute atomic E-state index is 14.5. The number of nitrogens with zero attached hydrogens (tertiary/aromatic N) is 2. The summed E-state index contributed by atoms with van der Waals surface area (Å²) in [5, 5.41) is 8.78. The van der Waals surface area contributed by atoms with Gasteiger partial charge in [0, 0.05) is 16.5 Å². The number of ether oxygens (including phenoxy) is 1. The molecule has 3 aromatic rings. The SMILES string of the molecule is Fc1ccccc1[C@H]1Oc2ccc(Br)cc2[C@@H]2CC(c3cccs3)=NN12. The Morgan fingerprint density at radius 1 is 1.12 bits per heavy atom. The van der Waals surface area contributed by atoms with E-state index in [0.717, 1.165) is 32.8 Å². The van der Waals surface area contributed by atoms with E-state index in [2.05, 4.69) is 28.1 Å². The highest BCUT2D eigenvalue weighted by Gasteiger charge is 2.42. The summed E-state index contributed by atoms with van der Waals surface area (Å²) < 4.78 is 21.7. The van der Waals surface area contributed by atoms with Crippen LogP contribution in [-0.4, -0.2) is 10.7 Å². The third-order valence-corrected chi connectivity index (χ3v) is 6.14. The van der Waals surface area contributed by atoms with Gasteiger partial charge in [-0.3, -0.25) is 0 Å². The Kier molecular flexibility index (Phi) is 3.83. The minimum absolute atomic E-state index is 0.0259. The van der Waals surface area contributed by atoms with Gasteiger partial charge in [0.15, 0.2) is 0 Å². The van der Waals surface area contributed by atoms with E-state index in [4.69, 9.17) is 9.84 Å². The molecule has 2 aliphatic rings. The Hall–Kier alpha value is -2.18.